The lowest BCUT2D eigenvalue weighted by molar-refractivity contribution is -0.385. The number of nitro groups is 1. The molecule has 0 aliphatic heterocycles. The van der Waals surface area contributed by atoms with Gasteiger partial charge in [-0.05, 0) is 45.4 Å². The summed E-state index contributed by atoms with van der Waals surface area (Å²) < 4.78 is 2.16. The highest BCUT2D eigenvalue weighted by atomic mass is 16.6. The van der Waals surface area contributed by atoms with Gasteiger partial charge in [0, 0.05) is 34.3 Å². The molecular weight excluding hydrogens is 380 g/mol. The number of carbonyl (C=O) groups excluding carboxylic acids is 1. The number of rotatable bonds is 6. The van der Waals surface area contributed by atoms with Crippen molar-refractivity contribution in [2.45, 2.75) is 34.1 Å². The van der Waals surface area contributed by atoms with E-state index in [1.54, 1.807) is 24.4 Å². The topological polar surface area (TPSA) is 89.5 Å². The van der Waals surface area contributed by atoms with E-state index < -0.39 is 10.8 Å². The van der Waals surface area contributed by atoms with Crippen molar-refractivity contribution < 1.29 is 9.72 Å². The lowest BCUT2D eigenvalue weighted by Gasteiger charge is -2.13. The molecule has 2 aromatic carbocycles. The number of hydrazone groups is 1. The number of para-hydroxylation sites is 1. The van der Waals surface area contributed by atoms with Crippen LogP contribution in [0.25, 0.3) is 5.69 Å². The van der Waals surface area contributed by atoms with Gasteiger partial charge in [-0.3, -0.25) is 14.9 Å². The predicted molar refractivity (Wildman–Crippen MR) is 117 cm³/mol. The molecule has 154 valence electrons. The minimum atomic E-state index is -0.492. The standard InChI is InChI=1S/C23H24N4O3/c1-15-9-10-21(16(2)11-15)26-17(3)12-20(18(26)4)14-24-25-23(28)13-19-7-5-6-8-22(19)27(29)30/h5-12,14H,13H2,1-4H3,(H,25,28). The van der Waals surface area contributed by atoms with Crippen LogP contribution in [0, 0.1) is 37.8 Å². The summed E-state index contributed by atoms with van der Waals surface area (Å²) in [4.78, 5) is 22.8. The molecule has 1 N–H and O–H groups in total. The first-order chi connectivity index (χ1) is 14.3. The zero-order chi connectivity index (χ0) is 21.8. The molecule has 0 aliphatic carbocycles. The van der Waals surface area contributed by atoms with Crippen molar-refractivity contribution >= 4 is 17.8 Å². The molecule has 30 heavy (non-hydrogen) atoms. The summed E-state index contributed by atoms with van der Waals surface area (Å²) in [5.41, 5.74) is 9.19. The van der Waals surface area contributed by atoms with E-state index in [4.69, 9.17) is 0 Å². The Balaban J connectivity index is 1.75. The molecule has 0 radical (unpaired) electrons. The maximum atomic E-state index is 12.2. The van der Waals surface area contributed by atoms with Crippen molar-refractivity contribution in [3.8, 4) is 5.69 Å². The van der Waals surface area contributed by atoms with Gasteiger partial charge in [-0.1, -0.05) is 35.9 Å². The normalized spacial score (nSPS) is 11.1. The number of aromatic nitrogens is 1. The maximum Gasteiger partial charge on any atom is 0.273 e. The van der Waals surface area contributed by atoms with E-state index in [-0.39, 0.29) is 12.1 Å². The molecule has 3 rings (SSSR count). The van der Waals surface area contributed by atoms with Gasteiger partial charge >= 0.3 is 0 Å². The second-order valence-electron chi connectivity index (χ2n) is 7.31. The molecule has 0 bridgehead atoms. The van der Waals surface area contributed by atoms with E-state index in [1.165, 1.54) is 17.2 Å². The smallest absolute Gasteiger partial charge is 0.273 e. The van der Waals surface area contributed by atoms with Crippen LogP contribution in [0.3, 0.4) is 0 Å². The molecule has 7 heteroatoms. The molecular formula is C23H24N4O3. The Hall–Kier alpha value is -3.74. The van der Waals surface area contributed by atoms with E-state index in [1.807, 2.05) is 19.9 Å². The van der Waals surface area contributed by atoms with Crippen LogP contribution in [-0.2, 0) is 11.2 Å². The van der Waals surface area contributed by atoms with Gasteiger partial charge in [0.2, 0.25) is 5.91 Å². The number of nitrogens with zero attached hydrogens (tertiary/aromatic N) is 3. The highest BCUT2D eigenvalue weighted by molar-refractivity contribution is 5.85. The van der Waals surface area contributed by atoms with Crippen LogP contribution in [0.1, 0.15) is 33.6 Å². The number of hydrogen-bond donors (Lipinski definition) is 1. The van der Waals surface area contributed by atoms with E-state index >= 15 is 0 Å². The average molecular weight is 404 g/mol. The number of nitrogens with one attached hydrogen (secondary N) is 1. The minimum Gasteiger partial charge on any atom is -0.318 e. The fourth-order valence-corrected chi connectivity index (χ4v) is 3.57. The Morgan fingerprint density at radius 3 is 2.57 bits per heavy atom. The van der Waals surface area contributed by atoms with Gasteiger partial charge in [-0.2, -0.15) is 5.10 Å². The fourth-order valence-electron chi connectivity index (χ4n) is 3.57. The van der Waals surface area contributed by atoms with Crippen LogP contribution < -0.4 is 5.43 Å². The second kappa shape index (κ2) is 8.73. The van der Waals surface area contributed by atoms with Crippen LogP contribution in [0.4, 0.5) is 5.69 Å². The lowest BCUT2D eigenvalue weighted by Crippen LogP contribution is -2.20. The van der Waals surface area contributed by atoms with E-state index in [9.17, 15) is 14.9 Å². The van der Waals surface area contributed by atoms with Crippen LogP contribution in [-0.4, -0.2) is 21.6 Å². The number of nitro benzene ring substituents is 1. The summed E-state index contributed by atoms with van der Waals surface area (Å²) in [5, 5.41) is 15.1. The number of aryl methyl sites for hydroxylation is 3. The summed E-state index contributed by atoms with van der Waals surface area (Å²) in [6.45, 7) is 8.18. The quantitative estimate of drug-likeness (QED) is 0.377. The van der Waals surface area contributed by atoms with E-state index in [0.717, 1.165) is 22.6 Å². The number of hydrogen-bond acceptors (Lipinski definition) is 4. The summed E-state index contributed by atoms with van der Waals surface area (Å²) in [5.74, 6) is -0.413. The Morgan fingerprint density at radius 1 is 1.13 bits per heavy atom. The van der Waals surface area contributed by atoms with Crippen LogP contribution >= 0.6 is 0 Å². The highest BCUT2D eigenvalue weighted by Gasteiger charge is 2.15. The van der Waals surface area contributed by atoms with Crippen molar-refractivity contribution in [3.63, 3.8) is 0 Å². The first kappa shape index (κ1) is 21.0. The van der Waals surface area contributed by atoms with Gasteiger partial charge in [-0.15, -0.1) is 0 Å². The lowest BCUT2D eigenvalue weighted by atomic mass is 10.1. The SMILES string of the molecule is Cc1ccc(-n2c(C)cc(C=NNC(=O)Cc3ccccc3[N+](=O)[O-])c2C)c(C)c1. The van der Waals surface area contributed by atoms with Crippen LogP contribution in [0.2, 0.25) is 0 Å². The van der Waals surface area contributed by atoms with Gasteiger partial charge in [0.1, 0.15) is 0 Å². The molecule has 0 fully saturated rings. The third-order valence-corrected chi connectivity index (χ3v) is 5.00. The third-order valence-electron chi connectivity index (χ3n) is 5.00. The summed E-state index contributed by atoms with van der Waals surface area (Å²) in [6.07, 6.45) is 1.48. The molecule has 1 aromatic heterocycles. The molecule has 7 nitrogen and oxygen atoms in total. The van der Waals surface area contributed by atoms with E-state index in [2.05, 4.69) is 47.1 Å². The molecule has 0 aliphatic rings. The van der Waals surface area contributed by atoms with Crippen molar-refractivity contribution in [2.75, 3.05) is 0 Å². The molecule has 0 saturated carbocycles. The molecule has 3 aromatic rings. The van der Waals surface area contributed by atoms with Crippen molar-refractivity contribution in [1.29, 1.82) is 0 Å². The number of carbonyl (C=O) groups is 1. The first-order valence-electron chi connectivity index (χ1n) is 9.58. The third kappa shape index (κ3) is 4.46. The van der Waals surface area contributed by atoms with E-state index in [0.29, 0.717) is 5.56 Å². The fraction of sp³-hybridized carbons (Fsp3) is 0.217. The van der Waals surface area contributed by atoms with Gasteiger partial charge in [0.15, 0.2) is 0 Å². The Morgan fingerprint density at radius 2 is 1.87 bits per heavy atom. The summed E-state index contributed by atoms with van der Waals surface area (Å²) in [6, 6.07) is 14.5. The van der Waals surface area contributed by atoms with Gasteiger partial charge < -0.3 is 4.57 Å². The zero-order valence-corrected chi connectivity index (χ0v) is 17.5. The highest BCUT2D eigenvalue weighted by Crippen LogP contribution is 2.23. The molecule has 0 unspecified atom stereocenters. The Bertz CT molecular complexity index is 1150. The number of benzene rings is 2. The van der Waals surface area contributed by atoms with Gasteiger partial charge in [-0.25, -0.2) is 5.43 Å². The second-order valence-corrected chi connectivity index (χ2v) is 7.31. The summed E-state index contributed by atoms with van der Waals surface area (Å²) >= 11 is 0. The van der Waals surface area contributed by atoms with Crippen LogP contribution in [0.15, 0.2) is 53.6 Å². The Labute approximate surface area is 175 Å². The Kier molecular flexibility index (Phi) is 6.11. The average Bonchev–Trinajstić information content (AvgIpc) is 2.96. The van der Waals surface area contributed by atoms with Crippen molar-refractivity contribution in [2.24, 2.45) is 5.10 Å². The maximum absolute atomic E-state index is 12.2. The number of amides is 1. The monoisotopic (exact) mass is 404 g/mol. The van der Waals surface area contributed by atoms with Crippen molar-refractivity contribution in [1.82, 2.24) is 9.99 Å². The molecule has 0 atom stereocenters. The molecule has 1 amide bonds. The van der Waals surface area contributed by atoms with Crippen LogP contribution in [0.5, 0.6) is 0 Å². The molecule has 0 spiro atoms. The van der Waals surface area contributed by atoms with Gasteiger partial charge in [0.25, 0.3) is 5.69 Å². The predicted octanol–water partition coefficient (Wildman–Crippen LogP) is 4.31. The first-order valence-corrected chi connectivity index (χ1v) is 9.58. The molecule has 1 heterocycles. The zero-order valence-electron chi connectivity index (χ0n) is 17.5. The minimum absolute atomic E-state index is 0.0753. The molecule has 0 saturated heterocycles. The van der Waals surface area contributed by atoms with Crippen molar-refractivity contribution in [3.05, 3.63) is 92.3 Å². The summed E-state index contributed by atoms with van der Waals surface area (Å²) in [7, 11) is 0. The van der Waals surface area contributed by atoms with Gasteiger partial charge in [0.05, 0.1) is 17.6 Å². The largest absolute Gasteiger partial charge is 0.318 e.